The van der Waals surface area contributed by atoms with Crippen LogP contribution in [0, 0.1) is 0 Å². The third kappa shape index (κ3) is 19.8. The van der Waals surface area contributed by atoms with Crippen molar-refractivity contribution in [3.63, 3.8) is 0 Å². The number of fused-ring (bicyclic) bond motifs is 24. The number of H-pyrrole nitrogens is 6. The van der Waals surface area contributed by atoms with Gasteiger partial charge in [-0.25, -0.2) is 131 Å². The molecule has 6 N–H and O–H groups in total. The number of nitrogens with zero attached hydrogens (tertiary/aromatic N) is 6. The van der Waals surface area contributed by atoms with Gasteiger partial charge < -0.3 is 84.5 Å². The molecule has 124 heavy (non-hydrogen) atoms. The van der Waals surface area contributed by atoms with Gasteiger partial charge in [0.2, 0.25) is 0 Å². The molecular weight excluding hydrogens is 2060 g/mol. The van der Waals surface area contributed by atoms with Crippen LogP contribution in [0.5, 0.6) is 0 Å². The van der Waals surface area contributed by atoms with Crippen LogP contribution in [0.3, 0.4) is 0 Å². The van der Waals surface area contributed by atoms with Gasteiger partial charge in [0.25, 0.3) is 0 Å². The van der Waals surface area contributed by atoms with E-state index in [1.165, 1.54) is 0 Å². The quantitative estimate of drug-likeness (QED) is 0.0922. The molecule has 0 spiro atoms. The van der Waals surface area contributed by atoms with Crippen LogP contribution in [-0.2, 0) is 191 Å². The van der Waals surface area contributed by atoms with Crippen molar-refractivity contribution in [1.82, 2.24) is 59.8 Å². The Morgan fingerprint density at radius 3 is 0.266 bits per heavy atom. The minimum absolute atomic E-state index is 0. The van der Waals surface area contributed by atoms with E-state index in [2.05, 4.69) is 59.8 Å². The summed E-state index contributed by atoms with van der Waals surface area (Å²) in [5.41, 5.74) is -14.8. The number of hydrogen-bond acceptors (Lipinski definition) is 42. The largest absolute Gasteiger partial charge is 3.00 e. The molecule has 0 atom stereocenters. The predicted molar refractivity (Wildman–Crippen MR) is 392 cm³/mol. The van der Waals surface area contributed by atoms with E-state index in [9.17, 15) is 156 Å². The van der Waals surface area contributed by atoms with Crippen LogP contribution in [0.4, 0.5) is 0 Å². The average molecular weight is 2090 g/mol. The molecule has 15 heterocycles. The van der Waals surface area contributed by atoms with E-state index in [1.54, 1.807) is 0 Å². The molecule has 642 valence electrons. The monoisotopic (exact) mass is 2090 g/mol. The third-order valence-electron chi connectivity index (χ3n) is 16.7. The van der Waals surface area contributed by atoms with Crippen molar-refractivity contribution in [2.24, 2.45) is 0 Å². The SMILES string of the molecule is O=S(=O)([O-])c1c2nc(c(S(=O)(=O)[O-])c3ccc([nH]3)c(S(=O)(=O)[O-])c3nc(c(S(=O)(=O)[O-])c4ccc1[nH]4)C=C3)C=C2.O=S(=O)([O-])c1c2nc(c(S(=O)(=O)[O-])c3ccc([nH]3)c(S(=O)(=O)[O-])c3nc(c(S(=O)(=O)[O-])c4ccc1[nH]4)C=C3)C=C2.O=S(=O)([O-])c1c2nc(c(S(=O)(=O)[O-])c3ccc([nH]3)c(S(=O)(=O)[O-])c3nc(c(S(=O)(=O)[O-])c4ccc1[nH]4)C=C3)C=C2.[Cr+3].[Cr+3].[Cr+3].[Cr+3]. The maximum Gasteiger partial charge on any atom is 3.00 e. The predicted octanol–water partition coefficient (Wildman–Crippen LogP) is 0.806. The molecule has 24 bridgehead atoms. The van der Waals surface area contributed by atoms with Gasteiger partial charge in [0.15, 0.2) is 0 Å². The molecule has 0 aromatic carbocycles. The Morgan fingerprint density at radius 2 is 0.210 bits per heavy atom. The van der Waals surface area contributed by atoms with Crippen molar-refractivity contribution in [2.75, 3.05) is 0 Å². The molecule has 9 aromatic rings. The fourth-order valence-corrected chi connectivity index (χ4v) is 21.6. The van der Waals surface area contributed by atoms with E-state index in [-0.39, 0.29) is 69.4 Å². The summed E-state index contributed by atoms with van der Waals surface area (Å²) in [6.45, 7) is 0. The summed E-state index contributed by atoms with van der Waals surface area (Å²) in [7, 11) is -65.1. The van der Waals surface area contributed by atoms with Gasteiger partial charge in [-0.3, -0.25) is 0 Å². The Bertz CT molecular complexity index is 6800. The Hall–Kier alpha value is -9.15. The normalized spacial score (nSPS) is 13.6. The first kappa shape index (κ1) is 98.6. The Labute approximate surface area is 738 Å². The number of nitrogens with one attached hydrogen (secondary N) is 6. The van der Waals surface area contributed by atoms with Crippen LogP contribution < -0.4 is 0 Å². The maximum absolute atomic E-state index is 12.2. The van der Waals surface area contributed by atoms with Gasteiger partial charge in [-0.2, -0.15) is 0 Å². The minimum Gasteiger partial charge on any atom is -0.744 e. The van der Waals surface area contributed by atoms with Crippen molar-refractivity contribution in [1.29, 1.82) is 0 Å². The second-order valence-corrected chi connectivity index (χ2v) is 40.2. The molecule has 4 radical (unpaired) electrons. The van der Waals surface area contributed by atoms with Crippen LogP contribution in [0.1, 0.15) is 68.3 Å². The van der Waals surface area contributed by atoms with Gasteiger partial charge in [0.1, 0.15) is 180 Å². The summed E-state index contributed by atoms with van der Waals surface area (Å²) in [5.74, 6) is 0. The smallest absolute Gasteiger partial charge is 0.744 e. The summed E-state index contributed by atoms with van der Waals surface area (Å²) in [6.07, 6.45) is 10.6. The first-order valence-electron chi connectivity index (χ1n) is 31.1. The molecule has 0 fully saturated rings. The van der Waals surface area contributed by atoms with Crippen LogP contribution >= 0.6 is 0 Å². The van der Waals surface area contributed by atoms with E-state index in [4.69, 9.17) is 0 Å². The number of aromatic nitrogens is 12. The van der Waals surface area contributed by atoms with Crippen molar-refractivity contribution < 1.29 is 225 Å². The molecule has 9 aromatic heterocycles. The van der Waals surface area contributed by atoms with Gasteiger partial charge in [-0.1, -0.05) is 0 Å². The van der Waals surface area contributed by atoms with Crippen LogP contribution in [-0.4, -0.2) is 215 Å². The van der Waals surface area contributed by atoms with Gasteiger partial charge in [-0.15, -0.1) is 0 Å². The number of hydrogen-bond donors (Lipinski definition) is 6. The number of aromatic amines is 6. The summed E-state index contributed by atoms with van der Waals surface area (Å²) in [5, 5.41) is 0. The Morgan fingerprint density at radius 1 is 0.145 bits per heavy atom. The maximum atomic E-state index is 12.2. The molecule has 64 heteroatoms. The van der Waals surface area contributed by atoms with Crippen molar-refractivity contribution >= 4 is 261 Å². The van der Waals surface area contributed by atoms with E-state index >= 15 is 0 Å². The van der Waals surface area contributed by atoms with E-state index in [0.717, 1.165) is 146 Å². The van der Waals surface area contributed by atoms with Crippen molar-refractivity contribution in [3.05, 3.63) is 141 Å². The molecular formula is C60H30Cr4N12O36S12. The van der Waals surface area contributed by atoms with Gasteiger partial charge in [0.05, 0.1) is 135 Å². The molecule has 0 amide bonds. The van der Waals surface area contributed by atoms with Crippen molar-refractivity contribution in [3.8, 4) is 0 Å². The Kier molecular flexibility index (Phi) is 27.0. The zero-order chi connectivity index (χ0) is 88.2. The zero-order valence-corrected chi connectivity index (χ0v) is 73.7. The van der Waals surface area contributed by atoms with Crippen LogP contribution in [0.25, 0.3) is 139 Å². The molecule has 48 nitrogen and oxygen atoms in total. The zero-order valence-electron chi connectivity index (χ0n) is 58.8. The molecule has 0 saturated heterocycles. The second kappa shape index (κ2) is 33.9. The van der Waals surface area contributed by atoms with Crippen LogP contribution in [0.2, 0.25) is 0 Å². The molecule has 6 aliphatic heterocycles. The molecule has 0 saturated carbocycles. The molecule has 6 aliphatic rings. The molecule has 15 rings (SSSR count). The van der Waals surface area contributed by atoms with Crippen molar-refractivity contribution in [2.45, 2.75) is 58.7 Å². The van der Waals surface area contributed by atoms with Gasteiger partial charge in [-0.05, 0) is 146 Å². The first-order valence-corrected chi connectivity index (χ1v) is 48.0. The Balaban J connectivity index is 0.000000207. The summed E-state index contributed by atoms with van der Waals surface area (Å²) >= 11 is 0. The van der Waals surface area contributed by atoms with E-state index in [0.29, 0.717) is 0 Å². The summed E-state index contributed by atoms with van der Waals surface area (Å²) in [6, 6.07) is 10.9. The standard InChI is InChI=1S/3C20H14N4O12S4.4Cr/c3*25-37(26,27)17-9-1-2-10(21-9)18(38(28,29)30)12-5-6-14(23-12)20(40(34,35)36)16-8-7-15(24-16)19(39(31,32)33)13-4-3-11(17)22-13;;;;/h3*1-8,21,24H,(H,25,26,27)(H,28,29,30)(H,31,32,33)(H,34,35,36);;;;/q;;;4*+3/p-12. The summed E-state index contributed by atoms with van der Waals surface area (Å²) < 4.78 is 439. The fraction of sp³-hybridized carbons (Fsp3) is 0. The third-order valence-corrected chi connectivity index (χ3v) is 27.8. The van der Waals surface area contributed by atoms with Crippen LogP contribution in [0.15, 0.2) is 132 Å². The van der Waals surface area contributed by atoms with E-state index in [1.807, 2.05) is 0 Å². The minimum atomic E-state index is -5.42. The van der Waals surface area contributed by atoms with Gasteiger partial charge in [0, 0.05) is 0 Å². The second-order valence-electron chi connectivity index (χ2n) is 24.4. The van der Waals surface area contributed by atoms with E-state index < -0.39 is 315 Å². The topological polar surface area (TPSA) is 858 Å². The first-order chi connectivity index (χ1) is 55.1. The fourth-order valence-electron chi connectivity index (χ4n) is 12.5. The summed E-state index contributed by atoms with van der Waals surface area (Å²) in [4.78, 5) is 23.5. The number of rotatable bonds is 12. The van der Waals surface area contributed by atoms with Gasteiger partial charge >= 0.3 is 69.4 Å². The average Bonchev–Trinajstić information content (AvgIpc) is 1.61. The molecule has 0 unspecified atom stereocenters. The molecule has 0 aliphatic carbocycles.